The van der Waals surface area contributed by atoms with E-state index >= 15 is 0 Å². The second-order valence-corrected chi connectivity index (χ2v) is 4.31. The fraction of sp³-hybridized carbons (Fsp3) is 0.357. The fourth-order valence-electron chi connectivity index (χ4n) is 1.95. The summed E-state index contributed by atoms with van der Waals surface area (Å²) in [4.78, 5) is 16.3. The summed E-state index contributed by atoms with van der Waals surface area (Å²) in [6.07, 6.45) is 7.44. The average Bonchev–Trinajstić information content (AvgIpc) is 2.81. The lowest BCUT2D eigenvalue weighted by molar-refractivity contribution is 0.0977. The van der Waals surface area contributed by atoms with Crippen molar-refractivity contribution in [3.05, 3.63) is 47.5 Å². The number of ketones is 1. The Morgan fingerprint density at radius 3 is 2.94 bits per heavy atom. The van der Waals surface area contributed by atoms with E-state index in [-0.39, 0.29) is 5.78 Å². The number of hydrogen-bond acceptors (Lipinski definition) is 3. The fourth-order valence-corrected chi connectivity index (χ4v) is 1.95. The molecule has 0 aromatic carbocycles. The summed E-state index contributed by atoms with van der Waals surface area (Å²) >= 11 is 0. The number of aryl methyl sites for hydroxylation is 3. The molecule has 0 fully saturated rings. The Kier molecular flexibility index (Phi) is 3.87. The number of nitrogens with zero attached hydrogens (tertiary/aromatic N) is 3. The Bertz CT molecular complexity index is 545. The molecule has 0 aliphatic carbocycles. The highest BCUT2D eigenvalue weighted by atomic mass is 16.1. The van der Waals surface area contributed by atoms with Crippen LogP contribution in [0.5, 0.6) is 0 Å². The molecule has 2 aromatic heterocycles. The first-order chi connectivity index (χ1) is 8.70. The highest BCUT2D eigenvalue weighted by Crippen LogP contribution is 2.11. The minimum Gasteiger partial charge on any atom is -0.292 e. The molecule has 0 saturated carbocycles. The summed E-state index contributed by atoms with van der Waals surface area (Å²) in [5.41, 5.74) is 2.72. The van der Waals surface area contributed by atoms with Gasteiger partial charge in [-0.2, -0.15) is 5.10 Å². The first-order valence-electron chi connectivity index (χ1n) is 6.15. The quantitative estimate of drug-likeness (QED) is 0.756. The van der Waals surface area contributed by atoms with Gasteiger partial charge in [0.15, 0.2) is 5.78 Å². The highest BCUT2D eigenvalue weighted by Gasteiger charge is 2.11. The summed E-state index contributed by atoms with van der Waals surface area (Å²) in [6.45, 7) is 2.04. The van der Waals surface area contributed by atoms with Crippen molar-refractivity contribution in [2.75, 3.05) is 0 Å². The van der Waals surface area contributed by atoms with Crippen LogP contribution < -0.4 is 0 Å². The van der Waals surface area contributed by atoms with E-state index in [1.165, 1.54) is 0 Å². The SMILES string of the molecule is CCc1cccnc1C(=O)CCc1cnn(C)c1. The number of Topliss-reactive ketones (excluding diaryl/α,β-unsaturated/α-hetero) is 1. The van der Waals surface area contributed by atoms with Crippen LogP contribution in [0.4, 0.5) is 0 Å². The molecule has 2 heterocycles. The summed E-state index contributed by atoms with van der Waals surface area (Å²) < 4.78 is 1.75. The number of pyridine rings is 1. The van der Waals surface area contributed by atoms with E-state index in [0.717, 1.165) is 17.5 Å². The van der Waals surface area contributed by atoms with E-state index in [2.05, 4.69) is 10.1 Å². The van der Waals surface area contributed by atoms with Crippen molar-refractivity contribution >= 4 is 5.78 Å². The lowest BCUT2D eigenvalue weighted by Crippen LogP contribution is -2.07. The minimum absolute atomic E-state index is 0.108. The van der Waals surface area contributed by atoms with Crippen molar-refractivity contribution in [2.45, 2.75) is 26.2 Å². The summed E-state index contributed by atoms with van der Waals surface area (Å²) in [7, 11) is 1.87. The van der Waals surface area contributed by atoms with Crippen LogP contribution in [0.15, 0.2) is 30.7 Å². The van der Waals surface area contributed by atoms with Crippen LogP contribution in [0.3, 0.4) is 0 Å². The normalized spacial score (nSPS) is 10.6. The first kappa shape index (κ1) is 12.5. The largest absolute Gasteiger partial charge is 0.292 e. The molecular weight excluding hydrogens is 226 g/mol. The second kappa shape index (κ2) is 5.58. The predicted molar refractivity (Wildman–Crippen MR) is 69.5 cm³/mol. The van der Waals surface area contributed by atoms with Crippen LogP contribution in [0.25, 0.3) is 0 Å². The van der Waals surface area contributed by atoms with Gasteiger partial charge >= 0.3 is 0 Å². The van der Waals surface area contributed by atoms with Gasteiger partial charge in [-0.3, -0.25) is 14.5 Å². The zero-order valence-electron chi connectivity index (χ0n) is 10.8. The van der Waals surface area contributed by atoms with Crippen LogP contribution in [0.2, 0.25) is 0 Å². The Balaban J connectivity index is 2.03. The van der Waals surface area contributed by atoms with E-state index in [1.807, 2.05) is 32.3 Å². The molecule has 18 heavy (non-hydrogen) atoms. The maximum absolute atomic E-state index is 12.1. The maximum atomic E-state index is 12.1. The maximum Gasteiger partial charge on any atom is 0.181 e. The number of rotatable bonds is 5. The van der Waals surface area contributed by atoms with Gasteiger partial charge in [-0.25, -0.2) is 0 Å². The molecule has 0 saturated heterocycles. The number of carbonyl (C=O) groups is 1. The molecule has 94 valence electrons. The van der Waals surface area contributed by atoms with Gasteiger partial charge in [-0.15, -0.1) is 0 Å². The van der Waals surface area contributed by atoms with E-state index in [1.54, 1.807) is 17.1 Å². The number of hydrogen-bond donors (Lipinski definition) is 0. The van der Waals surface area contributed by atoms with E-state index < -0.39 is 0 Å². The minimum atomic E-state index is 0.108. The van der Waals surface area contributed by atoms with Crippen molar-refractivity contribution in [1.29, 1.82) is 0 Å². The molecule has 0 aliphatic heterocycles. The zero-order chi connectivity index (χ0) is 13.0. The van der Waals surface area contributed by atoms with Crippen LogP contribution >= 0.6 is 0 Å². The summed E-state index contributed by atoms with van der Waals surface area (Å²) in [6, 6.07) is 3.83. The van der Waals surface area contributed by atoms with Crippen molar-refractivity contribution in [3.63, 3.8) is 0 Å². The molecule has 2 rings (SSSR count). The molecule has 4 nitrogen and oxygen atoms in total. The van der Waals surface area contributed by atoms with Crippen LogP contribution in [0.1, 0.15) is 35.0 Å². The van der Waals surface area contributed by atoms with Crippen molar-refractivity contribution < 1.29 is 4.79 Å². The molecule has 0 amide bonds. The van der Waals surface area contributed by atoms with Gasteiger partial charge in [0.05, 0.1) is 6.20 Å². The molecule has 0 atom stereocenters. The van der Waals surface area contributed by atoms with Gasteiger partial charge in [0.25, 0.3) is 0 Å². The Morgan fingerprint density at radius 2 is 2.28 bits per heavy atom. The van der Waals surface area contributed by atoms with Gasteiger partial charge in [0, 0.05) is 25.9 Å². The average molecular weight is 243 g/mol. The predicted octanol–water partition coefficient (Wildman–Crippen LogP) is 2.19. The van der Waals surface area contributed by atoms with Gasteiger partial charge in [-0.05, 0) is 30.0 Å². The molecule has 0 bridgehead atoms. The monoisotopic (exact) mass is 243 g/mol. The van der Waals surface area contributed by atoms with E-state index in [0.29, 0.717) is 18.5 Å². The molecule has 0 N–H and O–H groups in total. The molecule has 0 spiro atoms. The zero-order valence-corrected chi connectivity index (χ0v) is 10.8. The molecule has 0 aliphatic rings. The second-order valence-electron chi connectivity index (χ2n) is 4.31. The number of aromatic nitrogens is 3. The van der Waals surface area contributed by atoms with Gasteiger partial charge in [0.2, 0.25) is 0 Å². The van der Waals surface area contributed by atoms with Gasteiger partial charge in [-0.1, -0.05) is 13.0 Å². The molecular formula is C14H17N3O. The Hall–Kier alpha value is -1.97. The lowest BCUT2D eigenvalue weighted by Gasteiger charge is -2.04. The molecule has 0 unspecified atom stereocenters. The van der Waals surface area contributed by atoms with Gasteiger partial charge < -0.3 is 0 Å². The summed E-state index contributed by atoms with van der Waals surface area (Å²) in [5, 5.41) is 4.09. The van der Waals surface area contributed by atoms with Crippen molar-refractivity contribution in [2.24, 2.45) is 7.05 Å². The third-order valence-corrected chi connectivity index (χ3v) is 2.94. The third kappa shape index (κ3) is 2.83. The Morgan fingerprint density at radius 1 is 1.44 bits per heavy atom. The smallest absolute Gasteiger partial charge is 0.181 e. The van der Waals surface area contributed by atoms with E-state index in [4.69, 9.17) is 0 Å². The molecule has 2 aromatic rings. The van der Waals surface area contributed by atoms with E-state index in [9.17, 15) is 4.79 Å². The standard InChI is InChI=1S/C14H17N3O/c1-3-12-5-4-8-15-14(12)13(18)7-6-11-9-16-17(2)10-11/h4-5,8-10H,3,6-7H2,1-2H3. The van der Waals surface area contributed by atoms with Crippen LogP contribution in [-0.4, -0.2) is 20.5 Å². The first-order valence-corrected chi connectivity index (χ1v) is 6.15. The van der Waals surface area contributed by atoms with Crippen LogP contribution in [0, 0.1) is 0 Å². The summed E-state index contributed by atoms with van der Waals surface area (Å²) in [5.74, 6) is 0.108. The molecule has 4 heteroatoms. The van der Waals surface area contributed by atoms with Gasteiger partial charge in [0.1, 0.15) is 5.69 Å². The third-order valence-electron chi connectivity index (χ3n) is 2.94. The number of carbonyl (C=O) groups excluding carboxylic acids is 1. The van der Waals surface area contributed by atoms with Crippen LogP contribution in [-0.2, 0) is 19.9 Å². The molecule has 0 radical (unpaired) electrons. The topological polar surface area (TPSA) is 47.8 Å². The lowest BCUT2D eigenvalue weighted by atomic mass is 10.0. The highest BCUT2D eigenvalue weighted by molar-refractivity contribution is 5.95. The Labute approximate surface area is 107 Å². The van der Waals surface area contributed by atoms with Crippen molar-refractivity contribution in [1.82, 2.24) is 14.8 Å². The van der Waals surface area contributed by atoms with Crippen molar-refractivity contribution in [3.8, 4) is 0 Å².